The van der Waals surface area contributed by atoms with Crippen LogP contribution in [0.3, 0.4) is 0 Å². The number of likely N-dealkylation sites (tertiary alicyclic amines) is 1. The van der Waals surface area contributed by atoms with Crippen molar-refractivity contribution in [3.8, 4) is 23.1 Å². The third-order valence-electron chi connectivity index (χ3n) is 5.89. The Balaban J connectivity index is 1.13. The molecule has 2 fully saturated rings. The zero-order valence-corrected chi connectivity index (χ0v) is 17.6. The molecule has 3 aromatic rings. The number of amides is 1. The summed E-state index contributed by atoms with van der Waals surface area (Å²) < 4.78 is 11.7. The highest BCUT2D eigenvalue weighted by Gasteiger charge is 2.53. The molecule has 1 N–H and O–H groups in total. The SMILES string of the molecule is C=CC(=O)N1CC2(CC(Nc3nccc(Oc4ccc(Oc5ccccc5)cc4)n3)C2)C1. The summed E-state index contributed by atoms with van der Waals surface area (Å²) in [7, 11) is 0. The van der Waals surface area contributed by atoms with Crippen molar-refractivity contribution in [2.45, 2.75) is 18.9 Å². The highest BCUT2D eigenvalue weighted by Crippen LogP contribution is 2.49. The number of nitrogens with zero attached hydrogens (tertiary/aromatic N) is 3. The number of nitrogens with one attached hydrogen (secondary N) is 1. The molecule has 1 aliphatic heterocycles. The highest BCUT2D eigenvalue weighted by molar-refractivity contribution is 5.87. The van der Waals surface area contributed by atoms with Crippen molar-refractivity contribution in [2.24, 2.45) is 5.41 Å². The first-order valence-corrected chi connectivity index (χ1v) is 10.6. The van der Waals surface area contributed by atoms with E-state index in [9.17, 15) is 4.79 Å². The van der Waals surface area contributed by atoms with Crippen LogP contribution in [-0.2, 0) is 4.79 Å². The number of ether oxygens (including phenoxy) is 2. The highest BCUT2D eigenvalue weighted by atomic mass is 16.5. The van der Waals surface area contributed by atoms with Gasteiger partial charge in [0.1, 0.15) is 17.2 Å². The molecule has 1 saturated heterocycles. The number of carbonyl (C=O) groups is 1. The van der Waals surface area contributed by atoms with Gasteiger partial charge in [-0.1, -0.05) is 24.8 Å². The summed E-state index contributed by atoms with van der Waals surface area (Å²) in [5, 5.41) is 3.38. The second kappa shape index (κ2) is 8.34. The first kappa shape index (κ1) is 20.1. The minimum atomic E-state index is 0.0138. The van der Waals surface area contributed by atoms with E-state index in [-0.39, 0.29) is 11.3 Å². The van der Waals surface area contributed by atoms with E-state index in [1.165, 1.54) is 6.08 Å². The standard InChI is InChI=1S/C25H24N4O3/c1-2-23(30)29-16-25(17-29)14-18(15-25)27-24-26-13-12-22(28-24)32-21-10-8-20(9-11-21)31-19-6-4-3-5-7-19/h2-13,18H,1,14-17H2,(H,26,27,28). The van der Waals surface area contributed by atoms with Crippen LogP contribution in [0.1, 0.15) is 12.8 Å². The summed E-state index contributed by atoms with van der Waals surface area (Å²) in [6, 6.07) is 19.1. The zero-order valence-electron chi connectivity index (χ0n) is 17.6. The van der Waals surface area contributed by atoms with Crippen LogP contribution in [0.15, 0.2) is 79.5 Å². The van der Waals surface area contributed by atoms with Crippen molar-refractivity contribution in [2.75, 3.05) is 18.4 Å². The maximum absolute atomic E-state index is 11.6. The van der Waals surface area contributed by atoms with Gasteiger partial charge in [-0.15, -0.1) is 0 Å². The molecule has 0 unspecified atom stereocenters. The number of para-hydroxylation sites is 1. The molecule has 1 saturated carbocycles. The minimum absolute atomic E-state index is 0.0138. The average Bonchev–Trinajstić information content (AvgIpc) is 2.76. The molecule has 0 atom stereocenters. The normalized spacial score (nSPS) is 16.6. The molecule has 2 aromatic carbocycles. The molecule has 162 valence electrons. The number of aromatic nitrogens is 2. The van der Waals surface area contributed by atoms with E-state index in [1.807, 2.05) is 59.5 Å². The first-order chi connectivity index (χ1) is 15.6. The second-order valence-electron chi connectivity index (χ2n) is 8.35. The van der Waals surface area contributed by atoms with Crippen LogP contribution in [-0.4, -0.2) is 39.9 Å². The Morgan fingerprint density at radius 2 is 1.66 bits per heavy atom. The molecule has 7 heteroatoms. The summed E-state index contributed by atoms with van der Waals surface area (Å²) in [6.07, 6.45) is 5.07. The van der Waals surface area contributed by atoms with Crippen LogP contribution in [0.25, 0.3) is 0 Å². The maximum atomic E-state index is 11.6. The van der Waals surface area contributed by atoms with Crippen LogP contribution in [0.4, 0.5) is 5.95 Å². The lowest BCUT2D eigenvalue weighted by Gasteiger charge is -2.58. The molecule has 32 heavy (non-hydrogen) atoms. The van der Waals surface area contributed by atoms with Gasteiger partial charge in [-0.2, -0.15) is 4.98 Å². The zero-order chi connectivity index (χ0) is 22.0. The molecule has 2 heterocycles. The molecule has 5 rings (SSSR count). The number of hydrogen-bond donors (Lipinski definition) is 1. The molecular weight excluding hydrogens is 404 g/mol. The van der Waals surface area contributed by atoms with E-state index in [2.05, 4.69) is 21.9 Å². The van der Waals surface area contributed by atoms with Crippen molar-refractivity contribution < 1.29 is 14.3 Å². The van der Waals surface area contributed by atoms with Crippen molar-refractivity contribution in [3.63, 3.8) is 0 Å². The summed E-state index contributed by atoms with van der Waals surface area (Å²) in [4.78, 5) is 22.3. The monoisotopic (exact) mass is 428 g/mol. The predicted molar refractivity (Wildman–Crippen MR) is 121 cm³/mol. The number of carbonyl (C=O) groups excluding carboxylic acids is 1. The predicted octanol–water partition coefficient (Wildman–Crippen LogP) is 4.65. The Morgan fingerprint density at radius 1 is 1.00 bits per heavy atom. The van der Waals surface area contributed by atoms with Gasteiger partial charge in [0.25, 0.3) is 0 Å². The second-order valence-corrected chi connectivity index (χ2v) is 8.35. The third-order valence-corrected chi connectivity index (χ3v) is 5.89. The van der Waals surface area contributed by atoms with E-state index in [0.29, 0.717) is 23.6 Å². The average molecular weight is 428 g/mol. The van der Waals surface area contributed by atoms with Gasteiger partial charge in [0.05, 0.1) is 0 Å². The lowest BCUT2D eigenvalue weighted by Crippen LogP contribution is -2.65. The third kappa shape index (κ3) is 4.27. The summed E-state index contributed by atoms with van der Waals surface area (Å²) in [5.74, 6) is 3.22. The lowest BCUT2D eigenvalue weighted by molar-refractivity contribution is -0.144. The molecule has 0 bridgehead atoms. The summed E-state index contributed by atoms with van der Waals surface area (Å²) in [6.45, 7) is 5.17. The van der Waals surface area contributed by atoms with Crippen molar-refractivity contribution in [1.82, 2.24) is 14.9 Å². The van der Waals surface area contributed by atoms with Gasteiger partial charge in [0, 0.05) is 36.8 Å². The van der Waals surface area contributed by atoms with Gasteiger partial charge >= 0.3 is 0 Å². The Bertz CT molecular complexity index is 1100. The van der Waals surface area contributed by atoms with Gasteiger partial charge in [-0.05, 0) is 55.3 Å². The Kier molecular flexibility index (Phi) is 5.23. The molecule has 1 spiro atoms. The number of benzene rings is 2. The summed E-state index contributed by atoms with van der Waals surface area (Å²) >= 11 is 0. The smallest absolute Gasteiger partial charge is 0.245 e. The van der Waals surface area contributed by atoms with Crippen LogP contribution in [0.5, 0.6) is 23.1 Å². The molecular formula is C25H24N4O3. The number of anilines is 1. The van der Waals surface area contributed by atoms with Gasteiger partial charge in [-0.25, -0.2) is 4.98 Å². The van der Waals surface area contributed by atoms with Gasteiger partial charge < -0.3 is 19.7 Å². The largest absolute Gasteiger partial charge is 0.457 e. The maximum Gasteiger partial charge on any atom is 0.245 e. The summed E-state index contributed by atoms with van der Waals surface area (Å²) in [5.41, 5.74) is 0.244. The van der Waals surface area contributed by atoms with Gasteiger partial charge in [-0.3, -0.25) is 4.79 Å². The number of rotatable bonds is 7. The van der Waals surface area contributed by atoms with Crippen molar-refractivity contribution >= 4 is 11.9 Å². The van der Waals surface area contributed by atoms with Crippen LogP contribution < -0.4 is 14.8 Å². The van der Waals surface area contributed by atoms with Crippen LogP contribution >= 0.6 is 0 Å². The molecule has 1 amide bonds. The molecule has 1 aromatic heterocycles. The Labute approximate surface area is 186 Å². The van der Waals surface area contributed by atoms with Crippen LogP contribution in [0.2, 0.25) is 0 Å². The van der Waals surface area contributed by atoms with Crippen molar-refractivity contribution in [1.29, 1.82) is 0 Å². The lowest BCUT2D eigenvalue weighted by atomic mass is 9.60. The van der Waals surface area contributed by atoms with Crippen molar-refractivity contribution in [3.05, 3.63) is 79.5 Å². The van der Waals surface area contributed by atoms with E-state index in [1.54, 1.807) is 12.3 Å². The van der Waals surface area contributed by atoms with E-state index in [0.717, 1.165) is 37.4 Å². The molecule has 2 aliphatic rings. The molecule has 7 nitrogen and oxygen atoms in total. The number of hydrogen-bond acceptors (Lipinski definition) is 6. The van der Waals surface area contributed by atoms with E-state index in [4.69, 9.17) is 9.47 Å². The Hall–Kier alpha value is -3.87. The van der Waals surface area contributed by atoms with E-state index < -0.39 is 0 Å². The van der Waals surface area contributed by atoms with Crippen LogP contribution in [0, 0.1) is 5.41 Å². The topological polar surface area (TPSA) is 76.6 Å². The fraction of sp³-hybridized carbons (Fsp3) is 0.240. The van der Waals surface area contributed by atoms with Gasteiger partial charge in [0.2, 0.25) is 17.7 Å². The fourth-order valence-electron chi connectivity index (χ4n) is 4.37. The minimum Gasteiger partial charge on any atom is -0.457 e. The molecule has 1 aliphatic carbocycles. The first-order valence-electron chi connectivity index (χ1n) is 10.6. The van der Waals surface area contributed by atoms with Gasteiger partial charge in [0.15, 0.2) is 0 Å². The molecule has 0 radical (unpaired) electrons. The quantitative estimate of drug-likeness (QED) is 0.552. The fourth-order valence-corrected chi connectivity index (χ4v) is 4.37. The van der Waals surface area contributed by atoms with E-state index >= 15 is 0 Å². The Morgan fingerprint density at radius 3 is 2.34 bits per heavy atom.